The highest BCUT2D eigenvalue weighted by Gasteiger charge is 2.29. The minimum absolute atomic E-state index is 0.0545. The van der Waals surface area contributed by atoms with Crippen molar-refractivity contribution < 1.29 is 23.8 Å². The Balaban J connectivity index is 1.95. The third-order valence-electron chi connectivity index (χ3n) is 4.49. The number of esters is 1. The highest BCUT2D eigenvalue weighted by molar-refractivity contribution is 5.79. The molecule has 1 fully saturated rings. The van der Waals surface area contributed by atoms with E-state index in [0.717, 1.165) is 18.4 Å². The number of carbonyl (C=O) groups is 2. The summed E-state index contributed by atoms with van der Waals surface area (Å²) in [5, 5.41) is 0. The first-order chi connectivity index (χ1) is 12.1. The Kier molecular flexibility index (Phi) is 7.10. The van der Waals surface area contributed by atoms with Crippen LogP contribution in [0.1, 0.15) is 31.7 Å². The monoisotopic (exact) mass is 349 g/mol. The molecule has 1 amide bonds. The van der Waals surface area contributed by atoms with E-state index in [1.165, 1.54) is 0 Å². The Morgan fingerprint density at radius 1 is 1.24 bits per heavy atom. The largest absolute Gasteiger partial charge is 0.493 e. The molecule has 1 aromatic carbocycles. The summed E-state index contributed by atoms with van der Waals surface area (Å²) >= 11 is 0. The predicted molar refractivity (Wildman–Crippen MR) is 93.8 cm³/mol. The first kappa shape index (κ1) is 19.1. The van der Waals surface area contributed by atoms with Crippen molar-refractivity contribution in [3.63, 3.8) is 0 Å². The summed E-state index contributed by atoms with van der Waals surface area (Å²) in [4.78, 5) is 26.2. The number of likely N-dealkylation sites (tertiary alicyclic amines) is 1. The lowest BCUT2D eigenvalue weighted by Crippen LogP contribution is -2.42. The van der Waals surface area contributed by atoms with Crippen LogP contribution in [0.15, 0.2) is 18.2 Å². The van der Waals surface area contributed by atoms with E-state index in [9.17, 15) is 9.59 Å². The van der Waals surface area contributed by atoms with Crippen LogP contribution in [-0.2, 0) is 20.7 Å². The van der Waals surface area contributed by atoms with Gasteiger partial charge in [0.2, 0.25) is 5.91 Å². The van der Waals surface area contributed by atoms with Gasteiger partial charge in [-0.15, -0.1) is 0 Å². The molecule has 0 saturated carbocycles. The zero-order valence-electron chi connectivity index (χ0n) is 15.2. The van der Waals surface area contributed by atoms with Gasteiger partial charge in [-0.25, -0.2) is 0 Å². The summed E-state index contributed by atoms with van der Waals surface area (Å²) in [6, 6.07) is 5.66. The van der Waals surface area contributed by atoms with Crippen molar-refractivity contribution in [2.45, 2.75) is 32.6 Å². The van der Waals surface area contributed by atoms with Crippen LogP contribution in [0.5, 0.6) is 11.5 Å². The second-order valence-corrected chi connectivity index (χ2v) is 6.08. The Morgan fingerprint density at radius 2 is 2.04 bits per heavy atom. The molecule has 0 aliphatic carbocycles. The Bertz CT molecular complexity index is 601. The van der Waals surface area contributed by atoms with Crippen LogP contribution < -0.4 is 9.47 Å². The number of nitrogens with zero attached hydrogens (tertiary/aromatic N) is 1. The SMILES string of the molecule is CCOC(=O)[C@H]1CCCN(C(=O)CCc2cccc(OC)c2OC)C1. The molecule has 1 aromatic rings. The minimum Gasteiger partial charge on any atom is -0.493 e. The van der Waals surface area contributed by atoms with Gasteiger partial charge in [-0.3, -0.25) is 9.59 Å². The van der Waals surface area contributed by atoms with E-state index in [1.54, 1.807) is 26.0 Å². The van der Waals surface area contributed by atoms with E-state index >= 15 is 0 Å². The fourth-order valence-electron chi connectivity index (χ4n) is 3.21. The second kappa shape index (κ2) is 9.30. The van der Waals surface area contributed by atoms with E-state index in [1.807, 2.05) is 18.2 Å². The number of hydrogen-bond acceptors (Lipinski definition) is 5. The molecule has 138 valence electrons. The fraction of sp³-hybridized carbons (Fsp3) is 0.579. The smallest absolute Gasteiger partial charge is 0.310 e. The van der Waals surface area contributed by atoms with Crippen molar-refractivity contribution in [3.05, 3.63) is 23.8 Å². The molecule has 6 nitrogen and oxygen atoms in total. The topological polar surface area (TPSA) is 65.1 Å². The molecule has 1 atom stereocenters. The Labute approximate surface area is 149 Å². The van der Waals surface area contributed by atoms with Crippen LogP contribution in [0.3, 0.4) is 0 Å². The van der Waals surface area contributed by atoms with Gasteiger partial charge in [-0.05, 0) is 37.8 Å². The van der Waals surface area contributed by atoms with Crippen LogP contribution in [0.2, 0.25) is 0 Å². The minimum atomic E-state index is -0.205. The standard InChI is InChI=1S/C19H27NO5/c1-4-25-19(22)15-8-6-12-20(13-15)17(21)11-10-14-7-5-9-16(23-2)18(14)24-3/h5,7,9,15H,4,6,8,10-13H2,1-3H3/t15-/m0/s1. The lowest BCUT2D eigenvalue weighted by Gasteiger charge is -2.31. The molecule has 1 aliphatic heterocycles. The van der Waals surface area contributed by atoms with Gasteiger partial charge in [0.15, 0.2) is 11.5 Å². The molecular weight excluding hydrogens is 322 g/mol. The molecule has 6 heteroatoms. The average molecular weight is 349 g/mol. The zero-order chi connectivity index (χ0) is 18.2. The van der Waals surface area contributed by atoms with Crippen molar-refractivity contribution >= 4 is 11.9 Å². The summed E-state index contributed by atoms with van der Waals surface area (Å²) in [7, 11) is 3.19. The molecule has 0 aromatic heterocycles. The number of methoxy groups -OCH3 is 2. The van der Waals surface area contributed by atoms with E-state index in [-0.39, 0.29) is 17.8 Å². The summed E-state index contributed by atoms with van der Waals surface area (Å²) in [6.45, 7) is 3.32. The second-order valence-electron chi connectivity index (χ2n) is 6.08. The van der Waals surface area contributed by atoms with Gasteiger partial charge in [0.25, 0.3) is 0 Å². The summed E-state index contributed by atoms with van der Waals surface area (Å²) in [5.41, 5.74) is 0.939. The van der Waals surface area contributed by atoms with Crippen LogP contribution in [0, 0.1) is 5.92 Å². The average Bonchev–Trinajstić information content (AvgIpc) is 2.65. The third kappa shape index (κ3) is 4.87. The predicted octanol–water partition coefficient (Wildman–Crippen LogP) is 2.44. The number of piperidine rings is 1. The van der Waals surface area contributed by atoms with Crippen molar-refractivity contribution in [2.75, 3.05) is 33.9 Å². The van der Waals surface area contributed by atoms with Gasteiger partial charge in [0, 0.05) is 19.5 Å². The van der Waals surface area contributed by atoms with E-state index in [4.69, 9.17) is 14.2 Å². The molecular formula is C19H27NO5. The molecule has 1 aliphatic rings. The van der Waals surface area contributed by atoms with Crippen molar-refractivity contribution in [1.82, 2.24) is 4.90 Å². The molecule has 0 N–H and O–H groups in total. The molecule has 0 radical (unpaired) electrons. The maximum absolute atomic E-state index is 12.6. The number of ether oxygens (including phenoxy) is 3. The number of aryl methyl sites for hydroxylation is 1. The van der Waals surface area contributed by atoms with Crippen LogP contribution >= 0.6 is 0 Å². The summed E-state index contributed by atoms with van der Waals surface area (Å²) in [5.74, 6) is 0.978. The van der Waals surface area contributed by atoms with Gasteiger partial charge in [-0.1, -0.05) is 12.1 Å². The van der Waals surface area contributed by atoms with Gasteiger partial charge in [0.05, 0.1) is 26.7 Å². The van der Waals surface area contributed by atoms with Crippen LogP contribution in [-0.4, -0.2) is 50.7 Å². The number of carbonyl (C=O) groups excluding carboxylic acids is 2. The number of rotatable bonds is 7. The lowest BCUT2D eigenvalue weighted by atomic mass is 9.97. The Hall–Kier alpha value is -2.24. The first-order valence-corrected chi connectivity index (χ1v) is 8.75. The van der Waals surface area contributed by atoms with Crippen LogP contribution in [0.4, 0.5) is 0 Å². The third-order valence-corrected chi connectivity index (χ3v) is 4.49. The normalized spacial score (nSPS) is 17.1. The summed E-state index contributed by atoms with van der Waals surface area (Å²) in [6.07, 6.45) is 2.56. The highest BCUT2D eigenvalue weighted by Crippen LogP contribution is 2.31. The van der Waals surface area contributed by atoms with E-state index in [0.29, 0.717) is 44.0 Å². The van der Waals surface area contributed by atoms with Gasteiger partial charge in [0.1, 0.15) is 0 Å². The van der Waals surface area contributed by atoms with E-state index in [2.05, 4.69) is 0 Å². The Morgan fingerprint density at radius 3 is 2.72 bits per heavy atom. The summed E-state index contributed by atoms with van der Waals surface area (Å²) < 4.78 is 15.8. The molecule has 1 saturated heterocycles. The zero-order valence-corrected chi connectivity index (χ0v) is 15.2. The quantitative estimate of drug-likeness (QED) is 0.708. The van der Waals surface area contributed by atoms with Gasteiger partial charge < -0.3 is 19.1 Å². The molecule has 0 bridgehead atoms. The number of para-hydroxylation sites is 1. The number of amides is 1. The van der Waals surface area contributed by atoms with Crippen LogP contribution in [0.25, 0.3) is 0 Å². The fourth-order valence-corrected chi connectivity index (χ4v) is 3.21. The maximum Gasteiger partial charge on any atom is 0.310 e. The highest BCUT2D eigenvalue weighted by atomic mass is 16.5. The van der Waals surface area contributed by atoms with Gasteiger partial charge >= 0.3 is 5.97 Å². The molecule has 2 rings (SSSR count). The molecule has 0 unspecified atom stereocenters. The number of hydrogen-bond donors (Lipinski definition) is 0. The molecule has 1 heterocycles. The maximum atomic E-state index is 12.6. The van der Waals surface area contributed by atoms with Gasteiger partial charge in [-0.2, -0.15) is 0 Å². The first-order valence-electron chi connectivity index (χ1n) is 8.75. The van der Waals surface area contributed by atoms with Crippen molar-refractivity contribution in [1.29, 1.82) is 0 Å². The van der Waals surface area contributed by atoms with Crippen molar-refractivity contribution in [3.8, 4) is 11.5 Å². The van der Waals surface area contributed by atoms with E-state index < -0.39 is 0 Å². The molecule has 0 spiro atoms. The lowest BCUT2D eigenvalue weighted by molar-refractivity contribution is -0.151. The molecule has 25 heavy (non-hydrogen) atoms. The number of benzene rings is 1. The van der Waals surface area contributed by atoms with Crippen molar-refractivity contribution in [2.24, 2.45) is 5.92 Å².